The van der Waals surface area contributed by atoms with E-state index in [1.54, 1.807) is 0 Å². The second-order valence-electron chi connectivity index (χ2n) is 15.4. The monoisotopic (exact) mass is 696 g/mol. The molecule has 55 heavy (non-hydrogen) atoms. The standard InChI is InChI=1S/C54H32O/c1-2-15-35-33(14-1)28-30-42-40-19-6-10-25-46(40)54(51(35)42)45-24-9-5-18-39(45)41-21-13-20-36(52(41)54)34-29-31-48-50(32-34)55-49-27-12-11-26-47(49)53(48)43-22-7-3-16-37(43)38-17-4-8-23-44(38)53/h1-32H. The van der Waals surface area contributed by atoms with E-state index in [0.717, 1.165) is 17.1 Å². The molecule has 0 fully saturated rings. The van der Waals surface area contributed by atoms with E-state index in [2.05, 4.69) is 194 Å². The lowest BCUT2D eigenvalue weighted by Crippen LogP contribution is -2.32. The van der Waals surface area contributed by atoms with Crippen LogP contribution in [0.1, 0.15) is 44.5 Å². The molecule has 1 aliphatic heterocycles. The first-order valence-electron chi connectivity index (χ1n) is 19.3. The van der Waals surface area contributed by atoms with Gasteiger partial charge in [-0.1, -0.05) is 182 Å². The highest BCUT2D eigenvalue weighted by molar-refractivity contribution is 6.05. The minimum Gasteiger partial charge on any atom is -0.457 e. The molecule has 1 atom stereocenters. The highest BCUT2D eigenvalue weighted by Crippen LogP contribution is 2.67. The van der Waals surface area contributed by atoms with Gasteiger partial charge in [-0.25, -0.2) is 0 Å². The summed E-state index contributed by atoms with van der Waals surface area (Å²) >= 11 is 0. The summed E-state index contributed by atoms with van der Waals surface area (Å²) in [6.07, 6.45) is 0. The number of ether oxygens (including phenoxy) is 1. The third-order valence-corrected chi connectivity index (χ3v) is 13.1. The summed E-state index contributed by atoms with van der Waals surface area (Å²) in [6.45, 7) is 0. The molecular weight excluding hydrogens is 665 g/mol. The minimum atomic E-state index is -0.497. The zero-order valence-corrected chi connectivity index (χ0v) is 29.9. The fourth-order valence-corrected chi connectivity index (χ4v) is 11.2. The van der Waals surface area contributed by atoms with Crippen LogP contribution in [0.25, 0.3) is 55.3 Å². The Morgan fingerprint density at radius 3 is 1.47 bits per heavy atom. The van der Waals surface area contributed by atoms with E-state index < -0.39 is 10.8 Å². The lowest BCUT2D eigenvalue weighted by molar-refractivity contribution is 0.436. The SMILES string of the molecule is c1ccc2c(c1)Oc1cc(-c3cccc4c3C3(c5ccccc5-4)c4ccccc4-c4ccc5ccccc5c43)ccc1C21c2ccccc2-c2ccccc21. The molecule has 254 valence electrons. The summed E-state index contributed by atoms with van der Waals surface area (Å²) < 4.78 is 7.02. The predicted molar refractivity (Wildman–Crippen MR) is 223 cm³/mol. The predicted octanol–water partition coefficient (Wildman–Crippen LogP) is 13.3. The van der Waals surface area contributed by atoms with Gasteiger partial charge in [0.15, 0.2) is 0 Å². The molecule has 0 bridgehead atoms. The summed E-state index contributed by atoms with van der Waals surface area (Å²) in [5, 5.41) is 2.57. The molecule has 1 nitrogen and oxygen atoms in total. The van der Waals surface area contributed by atoms with Crippen LogP contribution in [-0.2, 0) is 10.8 Å². The van der Waals surface area contributed by atoms with E-state index in [4.69, 9.17) is 4.74 Å². The van der Waals surface area contributed by atoms with Gasteiger partial charge >= 0.3 is 0 Å². The van der Waals surface area contributed by atoms with Gasteiger partial charge in [0.25, 0.3) is 0 Å². The van der Waals surface area contributed by atoms with Gasteiger partial charge in [0.1, 0.15) is 11.5 Å². The number of para-hydroxylation sites is 1. The first-order chi connectivity index (χ1) is 27.3. The molecule has 0 aromatic heterocycles. The fraction of sp³-hybridized carbons (Fsp3) is 0.0370. The average molecular weight is 697 g/mol. The van der Waals surface area contributed by atoms with Gasteiger partial charge in [-0.15, -0.1) is 0 Å². The molecule has 13 rings (SSSR count). The Morgan fingerprint density at radius 1 is 0.291 bits per heavy atom. The lowest BCUT2D eigenvalue weighted by atomic mass is 9.65. The minimum absolute atomic E-state index is 0.492. The Bertz CT molecular complexity index is 3090. The van der Waals surface area contributed by atoms with Crippen molar-refractivity contribution in [3.05, 3.63) is 239 Å². The molecule has 3 aliphatic carbocycles. The van der Waals surface area contributed by atoms with Crippen LogP contribution in [0.5, 0.6) is 11.5 Å². The van der Waals surface area contributed by atoms with Crippen molar-refractivity contribution in [2.24, 2.45) is 0 Å². The Labute approximate surface area is 319 Å². The number of hydrogen-bond acceptors (Lipinski definition) is 1. The summed E-state index contributed by atoms with van der Waals surface area (Å²) in [7, 11) is 0. The molecule has 0 amide bonds. The number of hydrogen-bond donors (Lipinski definition) is 0. The van der Waals surface area contributed by atoms with Crippen molar-refractivity contribution in [3.8, 4) is 56.0 Å². The van der Waals surface area contributed by atoms with Crippen LogP contribution in [-0.4, -0.2) is 0 Å². The second-order valence-corrected chi connectivity index (χ2v) is 15.4. The number of rotatable bonds is 1. The van der Waals surface area contributed by atoms with Crippen molar-refractivity contribution < 1.29 is 4.74 Å². The first kappa shape index (κ1) is 29.5. The summed E-state index contributed by atoms with van der Waals surface area (Å²) in [5.74, 6) is 1.81. The van der Waals surface area contributed by atoms with E-state index in [1.807, 2.05) is 0 Å². The summed E-state index contributed by atoms with van der Waals surface area (Å²) in [6, 6.07) is 72.3. The number of benzene rings is 9. The molecule has 0 saturated heterocycles. The van der Waals surface area contributed by atoms with Crippen molar-refractivity contribution in [2.45, 2.75) is 10.8 Å². The van der Waals surface area contributed by atoms with Gasteiger partial charge in [-0.2, -0.15) is 0 Å². The molecule has 1 heterocycles. The van der Waals surface area contributed by atoms with E-state index in [0.29, 0.717) is 0 Å². The highest BCUT2D eigenvalue weighted by atomic mass is 16.5. The Hall–Kier alpha value is -6.96. The van der Waals surface area contributed by atoms with E-state index >= 15 is 0 Å². The first-order valence-corrected chi connectivity index (χ1v) is 19.3. The smallest absolute Gasteiger partial charge is 0.132 e. The van der Waals surface area contributed by atoms with Gasteiger partial charge in [0.2, 0.25) is 0 Å². The normalized spacial score (nSPS) is 16.7. The maximum atomic E-state index is 7.02. The fourth-order valence-electron chi connectivity index (χ4n) is 11.2. The summed E-state index contributed by atoms with van der Waals surface area (Å²) in [5.41, 5.74) is 19.6. The third kappa shape index (κ3) is 3.42. The maximum Gasteiger partial charge on any atom is 0.132 e. The topological polar surface area (TPSA) is 9.23 Å². The molecule has 1 unspecified atom stereocenters. The van der Waals surface area contributed by atoms with Gasteiger partial charge in [0, 0.05) is 11.1 Å². The third-order valence-electron chi connectivity index (χ3n) is 13.1. The van der Waals surface area contributed by atoms with Crippen LogP contribution in [0.15, 0.2) is 194 Å². The summed E-state index contributed by atoms with van der Waals surface area (Å²) in [4.78, 5) is 0. The van der Waals surface area contributed by atoms with Crippen LogP contribution < -0.4 is 4.74 Å². The maximum absolute atomic E-state index is 7.02. The van der Waals surface area contributed by atoms with E-state index in [9.17, 15) is 0 Å². The van der Waals surface area contributed by atoms with Gasteiger partial charge in [0.05, 0.1) is 10.8 Å². The van der Waals surface area contributed by atoms with Gasteiger partial charge in [-0.3, -0.25) is 0 Å². The van der Waals surface area contributed by atoms with Crippen molar-refractivity contribution in [1.82, 2.24) is 0 Å². The van der Waals surface area contributed by atoms with Crippen LogP contribution in [0.4, 0.5) is 0 Å². The lowest BCUT2D eigenvalue weighted by Gasteiger charge is -2.39. The van der Waals surface area contributed by atoms with E-state index in [-0.39, 0.29) is 0 Å². The molecule has 2 spiro atoms. The molecule has 0 saturated carbocycles. The van der Waals surface area contributed by atoms with Crippen molar-refractivity contribution in [1.29, 1.82) is 0 Å². The van der Waals surface area contributed by atoms with Crippen LogP contribution in [0, 0.1) is 0 Å². The molecule has 1 heteroatoms. The molecule has 4 aliphatic rings. The molecule has 9 aromatic rings. The quantitative estimate of drug-likeness (QED) is 0.166. The van der Waals surface area contributed by atoms with Crippen LogP contribution in [0.2, 0.25) is 0 Å². The highest BCUT2D eigenvalue weighted by Gasteiger charge is 2.54. The molecule has 0 N–H and O–H groups in total. The molecule has 9 aromatic carbocycles. The van der Waals surface area contributed by atoms with E-state index in [1.165, 1.54) is 94.2 Å². The van der Waals surface area contributed by atoms with Crippen molar-refractivity contribution in [3.63, 3.8) is 0 Å². The number of fused-ring (bicyclic) bond motifs is 21. The Morgan fingerprint density at radius 2 is 0.782 bits per heavy atom. The Balaban J connectivity index is 1.12. The zero-order valence-electron chi connectivity index (χ0n) is 29.9. The molecule has 0 radical (unpaired) electrons. The van der Waals surface area contributed by atoms with Crippen molar-refractivity contribution >= 4 is 10.8 Å². The zero-order chi connectivity index (χ0) is 35.9. The average Bonchev–Trinajstić information content (AvgIpc) is 3.84. The van der Waals surface area contributed by atoms with Crippen LogP contribution in [0.3, 0.4) is 0 Å². The van der Waals surface area contributed by atoms with Crippen LogP contribution >= 0.6 is 0 Å². The Kier molecular flexibility index (Phi) is 5.56. The van der Waals surface area contributed by atoms with Gasteiger partial charge < -0.3 is 4.74 Å². The molecular formula is C54H32O. The van der Waals surface area contributed by atoms with Gasteiger partial charge in [-0.05, 0) is 101 Å². The largest absolute Gasteiger partial charge is 0.457 e. The second kappa shape index (κ2) is 10.4. The van der Waals surface area contributed by atoms with Crippen molar-refractivity contribution in [2.75, 3.05) is 0 Å².